The first-order chi connectivity index (χ1) is 9.82. The van der Waals surface area contributed by atoms with Crippen molar-refractivity contribution in [3.05, 3.63) is 11.4 Å². The van der Waals surface area contributed by atoms with Gasteiger partial charge in [-0.25, -0.2) is 4.90 Å². The van der Waals surface area contributed by atoms with E-state index in [1.54, 1.807) is 0 Å². The fraction of sp³-hybridized carbons (Fsp3) is 0.615. The summed E-state index contributed by atoms with van der Waals surface area (Å²) in [5, 5.41) is 5.45. The van der Waals surface area contributed by atoms with E-state index in [0.29, 0.717) is 17.7 Å². The molecule has 1 aromatic rings. The van der Waals surface area contributed by atoms with Crippen molar-refractivity contribution in [1.82, 2.24) is 10.2 Å². The molecule has 1 saturated heterocycles. The normalized spacial score (nSPS) is 26.4. The van der Waals surface area contributed by atoms with Crippen molar-refractivity contribution < 1.29 is 22.8 Å². The smallest absolute Gasteiger partial charge is 0.280 e. The van der Waals surface area contributed by atoms with E-state index in [0.717, 1.165) is 12.8 Å². The molecular formula is C13H14F3N3O2. The second-order valence-corrected chi connectivity index (χ2v) is 5.55. The maximum absolute atomic E-state index is 13.0. The van der Waals surface area contributed by atoms with Crippen molar-refractivity contribution >= 4 is 17.5 Å². The van der Waals surface area contributed by atoms with Crippen LogP contribution in [-0.4, -0.2) is 22.0 Å². The number of hydrogen-bond acceptors (Lipinski definition) is 3. The van der Waals surface area contributed by atoms with Gasteiger partial charge in [0, 0.05) is 0 Å². The van der Waals surface area contributed by atoms with Gasteiger partial charge in [-0.15, -0.1) is 0 Å². The third kappa shape index (κ3) is 2.04. The highest BCUT2D eigenvalue weighted by Crippen LogP contribution is 2.44. The Bertz CT molecular complexity index is 584. The summed E-state index contributed by atoms with van der Waals surface area (Å²) in [6, 6.07) is 0. The number of nitrogens with one attached hydrogen (secondary N) is 1. The van der Waals surface area contributed by atoms with Crippen molar-refractivity contribution in [3.8, 4) is 0 Å². The molecule has 0 aromatic carbocycles. The number of alkyl halides is 3. The van der Waals surface area contributed by atoms with Gasteiger partial charge in [-0.05, 0) is 19.8 Å². The number of anilines is 1. The van der Waals surface area contributed by atoms with Gasteiger partial charge in [0.25, 0.3) is 0 Å². The third-order valence-corrected chi connectivity index (χ3v) is 4.25. The van der Waals surface area contributed by atoms with Gasteiger partial charge in [-0.2, -0.15) is 18.3 Å². The zero-order valence-corrected chi connectivity index (χ0v) is 11.3. The molecule has 2 atom stereocenters. The van der Waals surface area contributed by atoms with Crippen molar-refractivity contribution in [3.63, 3.8) is 0 Å². The molecule has 0 unspecified atom stereocenters. The van der Waals surface area contributed by atoms with E-state index >= 15 is 0 Å². The molecule has 0 radical (unpaired) electrons. The zero-order valence-electron chi connectivity index (χ0n) is 11.3. The lowest BCUT2D eigenvalue weighted by Crippen LogP contribution is -2.33. The van der Waals surface area contributed by atoms with Crippen LogP contribution in [0.4, 0.5) is 18.9 Å². The van der Waals surface area contributed by atoms with Gasteiger partial charge in [0.1, 0.15) is 5.69 Å². The Morgan fingerprint density at radius 2 is 1.67 bits per heavy atom. The maximum Gasteiger partial charge on any atom is 0.437 e. The van der Waals surface area contributed by atoms with Gasteiger partial charge in [-0.3, -0.25) is 14.7 Å². The summed E-state index contributed by atoms with van der Waals surface area (Å²) in [6.07, 6.45) is -1.95. The number of halogens is 3. The number of hydrogen-bond donors (Lipinski definition) is 1. The van der Waals surface area contributed by atoms with Gasteiger partial charge in [0.05, 0.1) is 17.5 Å². The van der Waals surface area contributed by atoms with E-state index in [2.05, 4.69) is 10.2 Å². The fourth-order valence-corrected chi connectivity index (χ4v) is 3.28. The van der Waals surface area contributed by atoms with Crippen LogP contribution in [0.2, 0.25) is 0 Å². The SMILES string of the molecule is Cc1[nH]nc(C(F)(F)F)c1N1C(=O)[C@H]2CCCC[C@H]2C1=O. The number of nitrogens with zero attached hydrogens (tertiary/aromatic N) is 2. The van der Waals surface area contributed by atoms with Crippen LogP contribution in [-0.2, 0) is 15.8 Å². The first-order valence-electron chi connectivity index (χ1n) is 6.82. The molecule has 0 spiro atoms. The summed E-state index contributed by atoms with van der Waals surface area (Å²) in [5.74, 6) is -2.03. The molecule has 8 heteroatoms. The van der Waals surface area contributed by atoms with Crippen molar-refractivity contribution in [2.45, 2.75) is 38.8 Å². The lowest BCUT2D eigenvalue weighted by molar-refractivity contribution is -0.140. The lowest BCUT2D eigenvalue weighted by atomic mass is 9.81. The molecule has 1 aromatic heterocycles. The minimum absolute atomic E-state index is 0.0719. The highest BCUT2D eigenvalue weighted by atomic mass is 19.4. The molecule has 5 nitrogen and oxygen atoms in total. The van der Waals surface area contributed by atoms with E-state index in [4.69, 9.17) is 0 Å². The Hall–Kier alpha value is -1.86. The fourth-order valence-electron chi connectivity index (χ4n) is 3.28. The van der Waals surface area contributed by atoms with E-state index in [1.807, 2.05) is 0 Å². The van der Waals surface area contributed by atoms with Crippen LogP contribution in [0.25, 0.3) is 0 Å². The topological polar surface area (TPSA) is 66.1 Å². The minimum atomic E-state index is -4.71. The zero-order chi connectivity index (χ0) is 15.4. The Morgan fingerprint density at radius 3 is 2.14 bits per heavy atom. The molecule has 114 valence electrons. The van der Waals surface area contributed by atoms with E-state index in [9.17, 15) is 22.8 Å². The number of rotatable bonds is 1. The quantitative estimate of drug-likeness (QED) is 0.810. The van der Waals surface area contributed by atoms with Crippen LogP contribution in [0.3, 0.4) is 0 Å². The molecule has 2 fully saturated rings. The molecule has 1 saturated carbocycles. The maximum atomic E-state index is 13.0. The minimum Gasteiger partial charge on any atom is -0.280 e. The van der Waals surface area contributed by atoms with Crippen LogP contribution >= 0.6 is 0 Å². The van der Waals surface area contributed by atoms with Crippen molar-refractivity contribution in [1.29, 1.82) is 0 Å². The number of amides is 2. The summed E-state index contributed by atoms with van der Waals surface area (Å²) in [6.45, 7) is 1.38. The molecule has 1 aliphatic heterocycles. The van der Waals surface area contributed by atoms with Crippen LogP contribution in [0.15, 0.2) is 0 Å². The van der Waals surface area contributed by atoms with Gasteiger partial charge in [0.15, 0.2) is 5.69 Å². The van der Waals surface area contributed by atoms with Crippen molar-refractivity contribution in [2.75, 3.05) is 4.90 Å². The Labute approximate surface area is 118 Å². The number of aromatic amines is 1. The van der Waals surface area contributed by atoms with Gasteiger partial charge in [-0.1, -0.05) is 12.8 Å². The molecular weight excluding hydrogens is 287 g/mol. The highest BCUT2D eigenvalue weighted by molar-refractivity contribution is 6.22. The summed E-state index contributed by atoms with van der Waals surface area (Å²) in [4.78, 5) is 25.4. The van der Waals surface area contributed by atoms with Gasteiger partial charge < -0.3 is 0 Å². The molecule has 2 heterocycles. The van der Waals surface area contributed by atoms with Crippen LogP contribution in [0, 0.1) is 18.8 Å². The summed E-state index contributed by atoms with van der Waals surface area (Å²) in [5.41, 5.74) is -1.57. The van der Waals surface area contributed by atoms with Crippen molar-refractivity contribution in [2.24, 2.45) is 11.8 Å². The number of H-pyrrole nitrogens is 1. The first-order valence-corrected chi connectivity index (χ1v) is 6.82. The predicted octanol–water partition coefficient (Wildman–Crippen LogP) is 2.42. The number of carbonyl (C=O) groups is 2. The molecule has 1 N–H and O–H groups in total. The Balaban J connectivity index is 2.07. The second kappa shape index (κ2) is 4.57. The largest absolute Gasteiger partial charge is 0.437 e. The number of imide groups is 1. The Kier molecular flexibility index (Phi) is 3.07. The number of fused-ring (bicyclic) bond motifs is 1. The molecule has 3 rings (SSSR count). The van der Waals surface area contributed by atoms with E-state index < -0.39 is 41.2 Å². The lowest BCUT2D eigenvalue weighted by Gasteiger charge is -2.19. The third-order valence-electron chi connectivity index (χ3n) is 4.25. The molecule has 1 aliphatic carbocycles. The van der Waals surface area contributed by atoms with E-state index in [1.165, 1.54) is 6.92 Å². The summed E-state index contributed by atoms with van der Waals surface area (Å²) >= 11 is 0. The van der Waals surface area contributed by atoms with Crippen LogP contribution in [0.1, 0.15) is 37.1 Å². The summed E-state index contributed by atoms with van der Waals surface area (Å²) in [7, 11) is 0. The first kappa shape index (κ1) is 14.1. The average Bonchev–Trinajstić information content (AvgIpc) is 2.90. The monoisotopic (exact) mass is 301 g/mol. The molecule has 2 aliphatic rings. The number of aryl methyl sites for hydroxylation is 1. The average molecular weight is 301 g/mol. The highest BCUT2D eigenvalue weighted by Gasteiger charge is 2.52. The predicted molar refractivity (Wildman–Crippen MR) is 66.3 cm³/mol. The number of carbonyl (C=O) groups excluding carboxylic acids is 2. The van der Waals surface area contributed by atoms with Gasteiger partial charge in [0.2, 0.25) is 11.8 Å². The molecule has 2 amide bonds. The van der Waals surface area contributed by atoms with Crippen LogP contribution < -0.4 is 4.90 Å². The van der Waals surface area contributed by atoms with Crippen LogP contribution in [0.5, 0.6) is 0 Å². The second-order valence-electron chi connectivity index (χ2n) is 5.55. The molecule has 0 bridgehead atoms. The standard InChI is InChI=1S/C13H14F3N3O2/c1-6-9(10(18-17-6)13(14,15)16)19-11(20)7-4-2-3-5-8(7)12(19)21/h7-8H,2-5H2,1H3,(H,17,18)/t7-,8+. The Morgan fingerprint density at radius 1 is 1.14 bits per heavy atom. The van der Waals surface area contributed by atoms with E-state index in [-0.39, 0.29) is 5.69 Å². The molecule has 21 heavy (non-hydrogen) atoms. The van der Waals surface area contributed by atoms with Gasteiger partial charge >= 0.3 is 6.18 Å². The summed E-state index contributed by atoms with van der Waals surface area (Å²) < 4.78 is 39.0. The number of aromatic nitrogens is 2.